The molecule has 0 bridgehead atoms. The van der Waals surface area contributed by atoms with E-state index in [9.17, 15) is 4.79 Å². The number of carbonyl (C=O) groups is 1. The molecule has 2 atom stereocenters. The lowest BCUT2D eigenvalue weighted by molar-refractivity contribution is -0.145. The van der Waals surface area contributed by atoms with Crippen molar-refractivity contribution in [1.82, 2.24) is 0 Å². The Bertz CT molecular complexity index is 142. The summed E-state index contributed by atoms with van der Waals surface area (Å²) in [6.45, 7) is 2.18. The number of hydrogen-bond donors (Lipinski definition) is 0. The van der Waals surface area contributed by atoms with Crippen molar-refractivity contribution in [3.63, 3.8) is 0 Å². The fraction of sp³-hybridized carbons (Fsp3) is 0.889. The van der Waals surface area contributed by atoms with Gasteiger partial charge >= 0.3 is 5.97 Å². The molecule has 2 nitrogen and oxygen atoms in total. The highest BCUT2D eigenvalue weighted by Crippen LogP contribution is 2.33. The van der Waals surface area contributed by atoms with Crippen LogP contribution >= 0.6 is 0 Å². The summed E-state index contributed by atoms with van der Waals surface area (Å²) in [5.41, 5.74) is 0. The lowest BCUT2D eigenvalue weighted by Gasteiger charge is -2.06. The predicted octanol–water partition coefficient (Wildman–Crippen LogP) is 1.99. The molecule has 2 heteroatoms. The number of methoxy groups -OCH3 is 1. The second-order valence-electron chi connectivity index (χ2n) is 3.31. The zero-order valence-corrected chi connectivity index (χ0v) is 7.30. The number of rotatable bonds is 2. The van der Waals surface area contributed by atoms with Crippen LogP contribution in [0.15, 0.2) is 0 Å². The Morgan fingerprint density at radius 1 is 1.55 bits per heavy atom. The topological polar surface area (TPSA) is 26.3 Å². The smallest absolute Gasteiger partial charge is 0.308 e. The van der Waals surface area contributed by atoms with Gasteiger partial charge in [-0.15, -0.1) is 0 Å². The van der Waals surface area contributed by atoms with Crippen LogP contribution in [-0.2, 0) is 9.53 Å². The predicted molar refractivity (Wildman–Crippen MR) is 43.1 cm³/mol. The summed E-state index contributed by atoms with van der Waals surface area (Å²) in [7, 11) is 1.47. The van der Waals surface area contributed by atoms with E-state index in [-0.39, 0.29) is 11.9 Å². The molecule has 0 radical (unpaired) electrons. The Labute approximate surface area is 67.9 Å². The number of hydrogen-bond acceptors (Lipinski definition) is 2. The zero-order valence-electron chi connectivity index (χ0n) is 7.30. The van der Waals surface area contributed by atoms with E-state index in [1.807, 2.05) is 0 Å². The van der Waals surface area contributed by atoms with Gasteiger partial charge in [0.1, 0.15) is 0 Å². The maximum atomic E-state index is 11.1. The van der Waals surface area contributed by atoms with E-state index in [0.717, 1.165) is 18.8 Å². The molecule has 64 valence electrons. The van der Waals surface area contributed by atoms with Gasteiger partial charge in [0.2, 0.25) is 0 Å². The van der Waals surface area contributed by atoms with Crippen molar-refractivity contribution in [1.29, 1.82) is 0 Å². The van der Waals surface area contributed by atoms with E-state index < -0.39 is 0 Å². The minimum absolute atomic E-state index is 0.0130. The summed E-state index contributed by atoms with van der Waals surface area (Å²) < 4.78 is 4.69. The van der Waals surface area contributed by atoms with Crippen molar-refractivity contribution in [2.75, 3.05) is 7.11 Å². The van der Waals surface area contributed by atoms with Gasteiger partial charge in [-0.25, -0.2) is 0 Å². The van der Waals surface area contributed by atoms with E-state index in [4.69, 9.17) is 0 Å². The largest absolute Gasteiger partial charge is 0.469 e. The molecule has 0 N–H and O–H groups in total. The molecular formula is C9H16O2. The molecule has 1 aliphatic carbocycles. The van der Waals surface area contributed by atoms with Crippen molar-refractivity contribution >= 4 is 5.97 Å². The quantitative estimate of drug-likeness (QED) is 0.571. The normalized spacial score (nSPS) is 30.4. The van der Waals surface area contributed by atoms with E-state index in [1.165, 1.54) is 20.0 Å². The lowest BCUT2D eigenvalue weighted by atomic mass is 10.0. The number of ether oxygens (including phenoxy) is 1. The Morgan fingerprint density at radius 2 is 2.27 bits per heavy atom. The van der Waals surface area contributed by atoms with Gasteiger partial charge < -0.3 is 4.74 Å². The molecule has 0 amide bonds. The number of carbonyl (C=O) groups excluding carboxylic acids is 1. The zero-order chi connectivity index (χ0) is 8.27. The maximum absolute atomic E-state index is 11.1. The summed E-state index contributed by atoms with van der Waals surface area (Å²) >= 11 is 0. The fourth-order valence-electron chi connectivity index (χ4n) is 1.83. The van der Waals surface area contributed by atoms with Crippen molar-refractivity contribution in [3.8, 4) is 0 Å². The molecule has 0 saturated heterocycles. The van der Waals surface area contributed by atoms with Gasteiger partial charge in [-0.2, -0.15) is 0 Å². The average molecular weight is 156 g/mol. The summed E-state index contributed by atoms with van der Waals surface area (Å²) in [6, 6.07) is 0. The highest BCUT2D eigenvalue weighted by Gasteiger charge is 2.29. The number of esters is 1. The molecule has 1 saturated carbocycles. The first-order chi connectivity index (χ1) is 5.27. The van der Waals surface area contributed by atoms with Crippen LogP contribution in [0.1, 0.15) is 32.6 Å². The first-order valence-corrected chi connectivity index (χ1v) is 4.35. The Hall–Kier alpha value is -0.530. The third kappa shape index (κ3) is 1.95. The molecular weight excluding hydrogens is 140 g/mol. The summed E-state index contributed by atoms with van der Waals surface area (Å²) in [5.74, 6) is 0.949. The molecule has 11 heavy (non-hydrogen) atoms. The Kier molecular flexibility index (Phi) is 2.92. The Morgan fingerprint density at radius 3 is 2.73 bits per heavy atom. The van der Waals surface area contributed by atoms with E-state index in [1.54, 1.807) is 0 Å². The van der Waals surface area contributed by atoms with Gasteiger partial charge in [0, 0.05) is 0 Å². The molecule has 1 aliphatic rings. The van der Waals surface area contributed by atoms with Crippen LogP contribution < -0.4 is 0 Å². The molecule has 0 aromatic rings. The van der Waals surface area contributed by atoms with Crippen molar-refractivity contribution in [2.45, 2.75) is 32.6 Å². The summed E-state index contributed by atoms with van der Waals surface area (Å²) in [4.78, 5) is 11.1. The lowest BCUT2D eigenvalue weighted by Crippen LogP contribution is -2.12. The molecule has 0 aromatic heterocycles. The Balaban J connectivity index is 2.35. The van der Waals surface area contributed by atoms with Crippen LogP contribution in [-0.4, -0.2) is 13.1 Å². The second kappa shape index (κ2) is 3.74. The van der Waals surface area contributed by atoms with Crippen molar-refractivity contribution in [3.05, 3.63) is 0 Å². The first-order valence-electron chi connectivity index (χ1n) is 4.35. The van der Waals surface area contributed by atoms with Crippen LogP contribution in [0, 0.1) is 11.8 Å². The van der Waals surface area contributed by atoms with Crippen LogP contribution in [0.3, 0.4) is 0 Å². The molecule has 0 aromatic carbocycles. The molecule has 0 aliphatic heterocycles. The SMILES string of the molecule is CCC1CC[C@@H](C(=O)OC)C1. The van der Waals surface area contributed by atoms with Crippen LogP contribution in [0.5, 0.6) is 0 Å². The monoisotopic (exact) mass is 156 g/mol. The third-order valence-corrected chi connectivity index (χ3v) is 2.65. The van der Waals surface area contributed by atoms with Gasteiger partial charge in [-0.3, -0.25) is 4.79 Å². The van der Waals surface area contributed by atoms with Gasteiger partial charge in [0.25, 0.3) is 0 Å². The maximum Gasteiger partial charge on any atom is 0.308 e. The second-order valence-corrected chi connectivity index (χ2v) is 3.31. The van der Waals surface area contributed by atoms with Gasteiger partial charge in [-0.1, -0.05) is 13.3 Å². The highest BCUT2D eigenvalue weighted by atomic mass is 16.5. The highest BCUT2D eigenvalue weighted by molar-refractivity contribution is 5.72. The van der Waals surface area contributed by atoms with Crippen molar-refractivity contribution < 1.29 is 9.53 Å². The minimum atomic E-state index is -0.0130. The molecule has 0 heterocycles. The standard InChI is InChI=1S/C9H16O2/c1-3-7-4-5-8(6-7)9(10)11-2/h7-8H,3-6H2,1-2H3/t7?,8-/m1/s1. The van der Waals surface area contributed by atoms with E-state index >= 15 is 0 Å². The summed E-state index contributed by atoms with van der Waals surface area (Å²) in [6.07, 6.45) is 4.48. The summed E-state index contributed by atoms with van der Waals surface area (Å²) in [5, 5.41) is 0. The van der Waals surface area contributed by atoms with Gasteiger partial charge in [-0.05, 0) is 25.2 Å². The fourth-order valence-corrected chi connectivity index (χ4v) is 1.83. The first kappa shape index (κ1) is 8.57. The molecule has 1 rings (SSSR count). The average Bonchev–Trinajstić information content (AvgIpc) is 2.50. The van der Waals surface area contributed by atoms with Crippen LogP contribution in [0.25, 0.3) is 0 Å². The van der Waals surface area contributed by atoms with Crippen LogP contribution in [0.4, 0.5) is 0 Å². The van der Waals surface area contributed by atoms with Crippen molar-refractivity contribution in [2.24, 2.45) is 11.8 Å². The van der Waals surface area contributed by atoms with Crippen LogP contribution in [0.2, 0.25) is 0 Å². The minimum Gasteiger partial charge on any atom is -0.469 e. The van der Waals surface area contributed by atoms with E-state index in [0.29, 0.717) is 0 Å². The third-order valence-electron chi connectivity index (χ3n) is 2.65. The molecule has 1 fully saturated rings. The van der Waals surface area contributed by atoms with Gasteiger partial charge in [0.15, 0.2) is 0 Å². The molecule has 0 spiro atoms. The molecule has 1 unspecified atom stereocenters. The van der Waals surface area contributed by atoms with E-state index in [2.05, 4.69) is 11.7 Å². The van der Waals surface area contributed by atoms with Gasteiger partial charge in [0.05, 0.1) is 13.0 Å².